The molecule has 0 aliphatic carbocycles. The highest BCUT2D eigenvalue weighted by molar-refractivity contribution is 5.82. The molecule has 1 fully saturated rings. The number of carbonyl (C=O) groups is 1. The Hall–Kier alpha value is -1.84. The molecule has 0 bridgehead atoms. The van der Waals surface area contributed by atoms with Crippen LogP contribution in [0.5, 0.6) is 0 Å². The van der Waals surface area contributed by atoms with E-state index in [1.54, 1.807) is 0 Å². The zero-order valence-corrected chi connectivity index (χ0v) is 14.5. The van der Waals surface area contributed by atoms with Gasteiger partial charge in [-0.1, -0.05) is 45.0 Å². The largest absolute Gasteiger partial charge is 0.465 e. The first-order valence-corrected chi connectivity index (χ1v) is 8.43. The summed E-state index contributed by atoms with van der Waals surface area (Å²) < 4.78 is 0. The maximum Gasteiger partial charge on any atom is 0.407 e. The summed E-state index contributed by atoms with van der Waals surface area (Å²) >= 11 is 0. The fourth-order valence-electron chi connectivity index (χ4n) is 2.94. The lowest BCUT2D eigenvalue weighted by Gasteiger charge is -2.30. The van der Waals surface area contributed by atoms with E-state index in [0.717, 1.165) is 25.8 Å². The van der Waals surface area contributed by atoms with Crippen molar-refractivity contribution in [2.75, 3.05) is 19.6 Å². The minimum absolute atomic E-state index is 0.306. The number of carboxylic acid groups (broad SMARTS) is 1. The van der Waals surface area contributed by atoms with Crippen LogP contribution >= 0.6 is 0 Å². The average Bonchev–Trinajstić information content (AvgIpc) is 2.51. The summed E-state index contributed by atoms with van der Waals surface area (Å²) in [5.74, 6) is 0.427. The van der Waals surface area contributed by atoms with Crippen LogP contribution in [0.1, 0.15) is 57.1 Å². The monoisotopic (exact) mass is 316 g/mol. The van der Waals surface area contributed by atoms with Crippen molar-refractivity contribution < 1.29 is 9.90 Å². The lowest BCUT2D eigenvalue weighted by molar-refractivity contribution is 0.132. The number of rotatable bonds is 4. The van der Waals surface area contributed by atoms with E-state index < -0.39 is 6.09 Å². The van der Waals surface area contributed by atoms with Gasteiger partial charge in [-0.2, -0.15) is 0 Å². The van der Waals surface area contributed by atoms with Gasteiger partial charge in [0.1, 0.15) is 0 Å². The molecule has 0 spiro atoms. The van der Waals surface area contributed by atoms with Crippen LogP contribution in [0.3, 0.4) is 0 Å². The van der Waals surface area contributed by atoms with Crippen LogP contribution in [0.4, 0.5) is 4.79 Å². The molecule has 1 heterocycles. The van der Waals surface area contributed by atoms with Crippen LogP contribution in [0.25, 0.3) is 0 Å². The summed E-state index contributed by atoms with van der Waals surface area (Å²) in [6, 6.07) is 8.37. The Morgan fingerprint density at radius 2 is 1.96 bits per heavy atom. The Morgan fingerprint density at radius 1 is 1.30 bits per heavy atom. The molecule has 4 heteroatoms. The van der Waals surface area contributed by atoms with E-state index in [2.05, 4.69) is 44.0 Å². The molecule has 126 valence electrons. The van der Waals surface area contributed by atoms with Crippen molar-refractivity contribution in [3.63, 3.8) is 0 Å². The van der Waals surface area contributed by atoms with Crippen molar-refractivity contribution in [3.8, 4) is 0 Å². The van der Waals surface area contributed by atoms with Crippen LogP contribution in [0.15, 0.2) is 29.3 Å². The predicted octanol–water partition coefficient (Wildman–Crippen LogP) is 4.40. The lowest BCUT2D eigenvalue weighted by Crippen LogP contribution is -2.36. The van der Waals surface area contributed by atoms with Crippen molar-refractivity contribution in [3.05, 3.63) is 35.4 Å². The van der Waals surface area contributed by atoms with E-state index in [-0.39, 0.29) is 0 Å². The van der Waals surface area contributed by atoms with Gasteiger partial charge >= 0.3 is 6.09 Å². The second kappa shape index (κ2) is 7.62. The number of piperidine rings is 1. The quantitative estimate of drug-likeness (QED) is 0.837. The second-order valence-corrected chi connectivity index (χ2v) is 7.52. The van der Waals surface area contributed by atoms with Gasteiger partial charge in [0.25, 0.3) is 0 Å². The number of hydrogen-bond acceptors (Lipinski definition) is 2. The molecule has 1 aromatic carbocycles. The number of likely N-dealkylation sites (tertiary alicyclic amines) is 1. The van der Waals surface area contributed by atoms with Crippen molar-refractivity contribution in [1.82, 2.24) is 4.90 Å². The highest BCUT2D eigenvalue weighted by Crippen LogP contribution is 2.30. The van der Waals surface area contributed by atoms with Crippen LogP contribution in [0.2, 0.25) is 0 Å². The van der Waals surface area contributed by atoms with Gasteiger partial charge in [-0.25, -0.2) is 4.79 Å². The van der Waals surface area contributed by atoms with Gasteiger partial charge in [-0.15, -0.1) is 0 Å². The van der Waals surface area contributed by atoms with E-state index >= 15 is 0 Å². The molecular weight excluding hydrogens is 288 g/mol. The first-order chi connectivity index (χ1) is 10.9. The maximum atomic E-state index is 11.0. The first kappa shape index (κ1) is 17.5. The molecule has 1 aliphatic heterocycles. The van der Waals surface area contributed by atoms with E-state index in [0.29, 0.717) is 24.4 Å². The number of amides is 1. The van der Waals surface area contributed by atoms with E-state index in [1.165, 1.54) is 16.0 Å². The third-order valence-corrected chi connectivity index (χ3v) is 4.42. The molecule has 0 aromatic heterocycles. The summed E-state index contributed by atoms with van der Waals surface area (Å²) in [4.78, 5) is 17.1. The standard InChI is InChI=1S/C19H28N2O2/c1-19(2,3)10-11-20-14-16-6-4-5-7-17(16)15-8-12-21(13-9-15)18(22)23/h4-7,14-15H,8-13H2,1-3H3,(H,22,23). The van der Waals surface area contributed by atoms with Crippen LogP contribution in [0, 0.1) is 5.41 Å². The third-order valence-electron chi connectivity index (χ3n) is 4.42. The minimum Gasteiger partial charge on any atom is -0.465 e. The average molecular weight is 316 g/mol. The summed E-state index contributed by atoms with van der Waals surface area (Å²) in [5, 5.41) is 9.06. The number of aliphatic imine (C=N–C) groups is 1. The molecule has 1 aliphatic rings. The molecule has 23 heavy (non-hydrogen) atoms. The molecule has 2 rings (SSSR count). The van der Waals surface area contributed by atoms with E-state index in [1.807, 2.05) is 12.3 Å². The third kappa shape index (κ3) is 5.38. The minimum atomic E-state index is -0.805. The molecule has 1 saturated heterocycles. The van der Waals surface area contributed by atoms with Crippen LogP contribution < -0.4 is 0 Å². The van der Waals surface area contributed by atoms with Crippen molar-refractivity contribution in [2.45, 2.75) is 46.0 Å². The summed E-state index contributed by atoms with van der Waals surface area (Å²) in [7, 11) is 0. The van der Waals surface area contributed by atoms with Gasteiger partial charge in [0.15, 0.2) is 0 Å². The van der Waals surface area contributed by atoms with Gasteiger partial charge in [0.05, 0.1) is 0 Å². The van der Waals surface area contributed by atoms with E-state index in [9.17, 15) is 4.79 Å². The van der Waals surface area contributed by atoms with Gasteiger partial charge in [0, 0.05) is 25.8 Å². The Balaban J connectivity index is 2.01. The highest BCUT2D eigenvalue weighted by Gasteiger charge is 2.24. The highest BCUT2D eigenvalue weighted by atomic mass is 16.4. The number of benzene rings is 1. The topological polar surface area (TPSA) is 52.9 Å². The predicted molar refractivity (Wildman–Crippen MR) is 94.5 cm³/mol. The Kier molecular flexibility index (Phi) is 5.80. The van der Waals surface area contributed by atoms with Crippen molar-refractivity contribution in [2.24, 2.45) is 10.4 Å². The van der Waals surface area contributed by atoms with Gasteiger partial charge in [0.2, 0.25) is 0 Å². The number of hydrogen-bond donors (Lipinski definition) is 1. The van der Waals surface area contributed by atoms with Crippen LogP contribution in [-0.2, 0) is 0 Å². The lowest BCUT2D eigenvalue weighted by atomic mass is 9.87. The van der Waals surface area contributed by atoms with Gasteiger partial charge in [-0.3, -0.25) is 4.99 Å². The number of nitrogens with zero attached hydrogens (tertiary/aromatic N) is 2. The van der Waals surface area contributed by atoms with Gasteiger partial charge < -0.3 is 10.0 Å². The van der Waals surface area contributed by atoms with Gasteiger partial charge in [-0.05, 0) is 41.7 Å². The maximum absolute atomic E-state index is 11.0. The molecule has 1 amide bonds. The molecule has 1 N–H and O–H groups in total. The molecule has 0 atom stereocenters. The van der Waals surface area contributed by atoms with Crippen LogP contribution in [-0.4, -0.2) is 41.9 Å². The molecule has 0 unspecified atom stereocenters. The second-order valence-electron chi connectivity index (χ2n) is 7.52. The summed E-state index contributed by atoms with van der Waals surface area (Å²) in [6.45, 7) is 8.77. The zero-order chi connectivity index (χ0) is 16.9. The van der Waals surface area contributed by atoms with E-state index in [4.69, 9.17) is 5.11 Å². The Bertz CT molecular complexity index is 553. The smallest absolute Gasteiger partial charge is 0.407 e. The summed E-state index contributed by atoms with van der Waals surface area (Å²) in [6.07, 6.45) is 4.03. The fourth-order valence-corrected chi connectivity index (χ4v) is 2.94. The first-order valence-electron chi connectivity index (χ1n) is 8.43. The zero-order valence-electron chi connectivity index (χ0n) is 14.5. The Morgan fingerprint density at radius 3 is 2.57 bits per heavy atom. The van der Waals surface area contributed by atoms with Crippen molar-refractivity contribution >= 4 is 12.3 Å². The SMILES string of the molecule is CC(C)(C)CCN=Cc1ccccc1C1CCN(C(=O)O)CC1. The normalized spacial score (nSPS) is 16.9. The molecule has 0 radical (unpaired) electrons. The Labute approximate surface area is 139 Å². The summed E-state index contributed by atoms with van der Waals surface area (Å²) in [5.41, 5.74) is 2.78. The molecule has 1 aromatic rings. The van der Waals surface area contributed by atoms with Crippen molar-refractivity contribution in [1.29, 1.82) is 0 Å². The fraction of sp³-hybridized carbons (Fsp3) is 0.579. The molecular formula is C19H28N2O2. The molecule has 4 nitrogen and oxygen atoms in total. The molecule has 0 saturated carbocycles.